The highest BCUT2D eigenvalue weighted by atomic mass is 35.5. The molecule has 4 nitrogen and oxygen atoms in total. The normalized spacial score (nSPS) is 26.6. The van der Waals surface area contributed by atoms with Crippen molar-refractivity contribution in [2.75, 3.05) is 13.7 Å². The van der Waals surface area contributed by atoms with Gasteiger partial charge in [-0.1, -0.05) is 36.7 Å². The van der Waals surface area contributed by atoms with Gasteiger partial charge in [-0.05, 0) is 24.6 Å². The molecule has 0 fully saturated rings. The van der Waals surface area contributed by atoms with E-state index in [1.165, 1.54) is 7.11 Å². The molecule has 1 unspecified atom stereocenters. The largest absolute Gasteiger partial charge is 0.492 e. The van der Waals surface area contributed by atoms with Crippen LogP contribution in [0.5, 0.6) is 5.75 Å². The minimum Gasteiger partial charge on any atom is -0.492 e. The average Bonchev–Trinajstić information content (AvgIpc) is 2.79. The van der Waals surface area contributed by atoms with Gasteiger partial charge in [0, 0.05) is 22.6 Å². The number of nitrogens with one attached hydrogen (secondary N) is 1. The number of methoxy groups -OCH3 is 1. The van der Waals surface area contributed by atoms with E-state index in [1.807, 2.05) is 18.2 Å². The summed E-state index contributed by atoms with van der Waals surface area (Å²) < 4.78 is 10.7. The van der Waals surface area contributed by atoms with Crippen LogP contribution in [0.4, 0.5) is 0 Å². The highest BCUT2D eigenvalue weighted by Gasteiger charge is 2.34. The molecular formula is C18H20ClNO3. The van der Waals surface area contributed by atoms with E-state index in [0.717, 1.165) is 22.8 Å². The van der Waals surface area contributed by atoms with Crippen LogP contribution in [0.2, 0.25) is 0 Å². The summed E-state index contributed by atoms with van der Waals surface area (Å²) in [5.41, 5.74) is 1.49. The van der Waals surface area contributed by atoms with Gasteiger partial charge in [-0.2, -0.15) is 0 Å². The van der Waals surface area contributed by atoms with E-state index in [2.05, 4.69) is 18.3 Å². The summed E-state index contributed by atoms with van der Waals surface area (Å²) in [6.45, 7) is 3.42. The van der Waals surface area contributed by atoms with Crippen molar-refractivity contribution >= 4 is 17.6 Å². The second kappa shape index (κ2) is 6.38. The quantitative estimate of drug-likeness (QED) is 0.843. The maximum Gasteiger partial charge on any atom is 0.337 e. The summed E-state index contributed by atoms with van der Waals surface area (Å²) in [6.07, 6.45) is 7.00. The lowest BCUT2D eigenvalue weighted by Gasteiger charge is -2.35. The Hall–Kier alpha value is -1.78. The van der Waals surface area contributed by atoms with Gasteiger partial charge < -0.3 is 14.8 Å². The summed E-state index contributed by atoms with van der Waals surface area (Å²) in [4.78, 5) is 11.7. The van der Waals surface area contributed by atoms with Crippen molar-refractivity contribution in [1.29, 1.82) is 0 Å². The van der Waals surface area contributed by atoms with E-state index in [1.54, 1.807) is 12.1 Å². The number of fused-ring (bicyclic) bond motifs is 1. The maximum absolute atomic E-state index is 11.7. The number of carbonyl (C=O) groups excluding carboxylic acids is 1. The molecule has 0 saturated carbocycles. The van der Waals surface area contributed by atoms with Crippen molar-refractivity contribution in [2.24, 2.45) is 5.41 Å². The predicted molar refractivity (Wildman–Crippen MR) is 89.7 cm³/mol. The molecule has 1 aliphatic heterocycles. The Morgan fingerprint density at radius 2 is 2.30 bits per heavy atom. The first-order valence-corrected chi connectivity index (χ1v) is 8.02. The molecule has 1 heterocycles. The number of hydrogen-bond acceptors (Lipinski definition) is 4. The third kappa shape index (κ3) is 3.28. The van der Waals surface area contributed by atoms with Crippen LogP contribution in [-0.2, 0) is 11.3 Å². The van der Waals surface area contributed by atoms with Gasteiger partial charge in [0.1, 0.15) is 12.4 Å². The van der Waals surface area contributed by atoms with Crippen molar-refractivity contribution in [2.45, 2.75) is 25.9 Å². The van der Waals surface area contributed by atoms with E-state index in [9.17, 15) is 4.79 Å². The molecule has 122 valence electrons. The maximum atomic E-state index is 11.7. The van der Waals surface area contributed by atoms with Crippen molar-refractivity contribution < 1.29 is 14.3 Å². The highest BCUT2D eigenvalue weighted by Crippen LogP contribution is 2.36. The van der Waals surface area contributed by atoms with Crippen LogP contribution in [0.1, 0.15) is 29.3 Å². The number of rotatable bonds is 2. The summed E-state index contributed by atoms with van der Waals surface area (Å²) in [7, 11) is 1.38. The number of hydrogen-bond donors (Lipinski definition) is 1. The van der Waals surface area contributed by atoms with Gasteiger partial charge in [-0.3, -0.25) is 0 Å². The Morgan fingerprint density at radius 3 is 3.00 bits per heavy atom. The van der Waals surface area contributed by atoms with E-state index >= 15 is 0 Å². The average molecular weight is 334 g/mol. The Morgan fingerprint density at radius 1 is 1.48 bits per heavy atom. The van der Waals surface area contributed by atoms with Crippen molar-refractivity contribution in [3.05, 3.63) is 52.6 Å². The van der Waals surface area contributed by atoms with E-state index in [0.29, 0.717) is 18.7 Å². The third-order valence-electron chi connectivity index (χ3n) is 4.59. The Labute approximate surface area is 141 Å². The number of ether oxygens (including phenoxy) is 2. The van der Waals surface area contributed by atoms with Gasteiger partial charge in [0.25, 0.3) is 0 Å². The highest BCUT2D eigenvalue weighted by molar-refractivity contribution is 6.31. The molecule has 0 radical (unpaired) electrons. The van der Waals surface area contributed by atoms with Crippen LogP contribution in [0.15, 0.2) is 41.5 Å². The standard InChI is InChI=1S/C18H20ClNO3/c1-18(7-5-14(19)6-8-18)16-11-23-15-9-12(17(21)22-2)3-4-13(15)10-20-16/h3-7,9,16,20H,8,10-11H2,1-2H3/t16-,18?/m1/s1. The number of esters is 1. The predicted octanol–water partition coefficient (Wildman–Crippen LogP) is 3.41. The lowest BCUT2D eigenvalue weighted by Crippen LogP contribution is -2.45. The lowest BCUT2D eigenvalue weighted by atomic mass is 9.77. The molecule has 0 bridgehead atoms. The molecule has 2 atom stereocenters. The Balaban J connectivity index is 1.78. The topological polar surface area (TPSA) is 47.6 Å². The van der Waals surface area contributed by atoms with Gasteiger partial charge in [-0.25, -0.2) is 4.79 Å². The molecule has 1 aliphatic carbocycles. The van der Waals surface area contributed by atoms with Crippen LogP contribution in [0.3, 0.4) is 0 Å². The van der Waals surface area contributed by atoms with Crippen LogP contribution < -0.4 is 10.1 Å². The third-order valence-corrected chi connectivity index (χ3v) is 4.87. The zero-order valence-electron chi connectivity index (χ0n) is 13.3. The molecule has 3 rings (SSSR count). The summed E-state index contributed by atoms with van der Waals surface area (Å²) in [5.74, 6) is 0.381. The second-order valence-corrected chi connectivity index (χ2v) is 6.63. The summed E-state index contributed by atoms with van der Waals surface area (Å²) in [6, 6.07) is 5.59. The van der Waals surface area contributed by atoms with Crippen molar-refractivity contribution in [3.63, 3.8) is 0 Å². The van der Waals surface area contributed by atoms with Gasteiger partial charge in [0.2, 0.25) is 0 Å². The molecule has 1 N–H and O–H groups in total. The van der Waals surface area contributed by atoms with Crippen LogP contribution in [0, 0.1) is 5.41 Å². The molecule has 0 amide bonds. The van der Waals surface area contributed by atoms with Crippen LogP contribution in [-0.4, -0.2) is 25.7 Å². The first kappa shape index (κ1) is 16.1. The molecule has 2 aliphatic rings. The Kier molecular flexibility index (Phi) is 4.46. The Bertz CT molecular complexity index is 683. The van der Waals surface area contributed by atoms with Crippen LogP contribution in [0.25, 0.3) is 0 Å². The summed E-state index contributed by atoms with van der Waals surface area (Å²) in [5, 5.41) is 4.34. The number of benzene rings is 1. The van der Waals surface area contributed by atoms with Gasteiger partial charge in [-0.15, -0.1) is 0 Å². The molecule has 0 spiro atoms. The van der Waals surface area contributed by atoms with Crippen molar-refractivity contribution in [3.8, 4) is 5.75 Å². The number of halogens is 1. The molecule has 5 heteroatoms. The minimum atomic E-state index is -0.355. The fourth-order valence-electron chi connectivity index (χ4n) is 2.95. The zero-order valence-corrected chi connectivity index (χ0v) is 14.0. The van der Waals surface area contributed by atoms with Crippen LogP contribution >= 0.6 is 11.6 Å². The first-order chi connectivity index (χ1) is 11.0. The van der Waals surface area contributed by atoms with Gasteiger partial charge in [0.05, 0.1) is 18.7 Å². The van der Waals surface area contributed by atoms with E-state index < -0.39 is 0 Å². The molecule has 0 aromatic heterocycles. The van der Waals surface area contributed by atoms with E-state index in [-0.39, 0.29) is 17.4 Å². The lowest BCUT2D eigenvalue weighted by molar-refractivity contribution is 0.0600. The number of carbonyl (C=O) groups is 1. The second-order valence-electron chi connectivity index (χ2n) is 6.19. The van der Waals surface area contributed by atoms with Gasteiger partial charge >= 0.3 is 5.97 Å². The molecule has 23 heavy (non-hydrogen) atoms. The number of allylic oxidation sites excluding steroid dienone is 3. The smallest absolute Gasteiger partial charge is 0.337 e. The fraction of sp³-hybridized carbons (Fsp3) is 0.389. The molecular weight excluding hydrogens is 314 g/mol. The van der Waals surface area contributed by atoms with Gasteiger partial charge in [0.15, 0.2) is 0 Å². The zero-order chi connectivity index (χ0) is 16.4. The minimum absolute atomic E-state index is 0.0500. The SMILES string of the molecule is COC(=O)c1ccc2c(c1)OC[C@H](C1(C)C=CC(Cl)=CC1)NC2. The monoisotopic (exact) mass is 333 g/mol. The molecule has 0 saturated heterocycles. The summed E-state index contributed by atoms with van der Waals surface area (Å²) >= 11 is 6.03. The molecule has 1 aromatic rings. The fourth-order valence-corrected chi connectivity index (χ4v) is 3.09. The van der Waals surface area contributed by atoms with Crippen molar-refractivity contribution in [1.82, 2.24) is 5.32 Å². The molecule has 1 aromatic carbocycles. The first-order valence-electron chi connectivity index (χ1n) is 7.64. The van der Waals surface area contributed by atoms with E-state index in [4.69, 9.17) is 21.1 Å².